The molecule has 5 rings (SSSR count). The Morgan fingerprint density at radius 1 is 1.14 bits per heavy atom. The maximum atomic E-state index is 14.3. The van der Waals surface area contributed by atoms with Gasteiger partial charge in [-0.05, 0) is 38.5 Å². The number of aromatic nitrogens is 2. The predicted molar refractivity (Wildman–Crippen MR) is 109 cm³/mol. The van der Waals surface area contributed by atoms with Crippen LogP contribution < -0.4 is 5.32 Å². The van der Waals surface area contributed by atoms with Crippen molar-refractivity contribution in [3.63, 3.8) is 0 Å². The summed E-state index contributed by atoms with van der Waals surface area (Å²) in [5, 5.41) is 17.3. The smallest absolute Gasteiger partial charge is 0.392 e. The fourth-order valence-corrected chi connectivity index (χ4v) is 5.77. The van der Waals surface area contributed by atoms with Crippen molar-refractivity contribution in [2.45, 2.75) is 87.1 Å². The molecule has 4 fully saturated rings. The van der Waals surface area contributed by atoms with Gasteiger partial charge in [-0.25, -0.2) is 8.78 Å². The van der Waals surface area contributed by atoms with Crippen molar-refractivity contribution in [3.05, 3.63) is 11.7 Å². The molecule has 8 nitrogen and oxygen atoms in total. The minimum Gasteiger partial charge on any atom is -0.392 e. The number of carbonyl (C=O) groups is 1. The minimum absolute atomic E-state index is 0.141. The highest BCUT2D eigenvalue weighted by molar-refractivity contribution is 5.82. The Labute approximate surface area is 198 Å². The second-order valence-corrected chi connectivity index (χ2v) is 10.5. The van der Waals surface area contributed by atoms with Crippen molar-refractivity contribution in [3.8, 4) is 0 Å². The van der Waals surface area contributed by atoms with Gasteiger partial charge in [0, 0.05) is 31.5 Å². The molecular formula is C22H29F5N4O4. The molecule has 1 aliphatic carbocycles. The van der Waals surface area contributed by atoms with Gasteiger partial charge in [-0.1, -0.05) is 11.6 Å². The number of alkyl halides is 5. The number of aliphatic hydroxyl groups is 1. The molecule has 0 aromatic carbocycles. The van der Waals surface area contributed by atoms with E-state index >= 15 is 0 Å². The number of hydrogen-bond acceptors (Lipinski definition) is 7. The molecule has 1 aromatic heterocycles. The van der Waals surface area contributed by atoms with Crippen molar-refractivity contribution >= 4 is 5.91 Å². The zero-order valence-corrected chi connectivity index (χ0v) is 19.1. The van der Waals surface area contributed by atoms with Gasteiger partial charge in [0.1, 0.15) is 18.1 Å². The average Bonchev–Trinajstić information content (AvgIpc) is 3.27. The van der Waals surface area contributed by atoms with E-state index in [-0.39, 0.29) is 43.1 Å². The van der Waals surface area contributed by atoms with Gasteiger partial charge < -0.3 is 24.6 Å². The highest BCUT2D eigenvalue weighted by Gasteiger charge is 2.60. The second kappa shape index (κ2) is 8.62. The van der Waals surface area contributed by atoms with E-state index in [1.807, 2.05) is 0 Å². The van der Waals surface area contributed by atoms with Crippen LogP contribution in [0.4, 0.5) is 22.0 Å². The molecule has 1 amide bonds. The third-order valence-corrected chi connectivity index (χ3v) is 8.40. The van der Waals surface area contributed by atoms with E-state index in [4.69, 9.17) is 9.26 Å². The summed E-state index contributed by atoms with van der Waals surface area (Å²) in [6.45, 7) is -0.658. The Balaban J connectivity index is 1.26. The van der Waals surface area contributed by atoms with Gasteiger partial charge in [-0.15, -0.1) is 0 Å². The normalized spacial score (nSPS) is 32.3. The topological polar surface area (TPSA) is 101 Å². The highest BCUT2D eigenvalue weighted by Crippen LogP contribution is 2.49. The third kappa shape index (κ3) is 4.33. The lowest BCUT2D eigenvalue weighted by Crippen LogP contribution is -2.62. The summed E-state index contributed by atoms with van der Waals surface area (Å²) in [5.74, 6) is -4.12. The van der Waals surface area contributed by atoms with Crippen molar-refractivity contribution in [1.29, 1.82) is 0 Å². The van der Waals surface area contributed by atoms with Gasteiger partial charge >= 0.3 is 6.18 Å². The second-order valence-electron chi connectivity index (χ2n) is 10.5. The van der Waals surface area contributed by atoms with Crippen molar-refractivity contribution in [2.24, 2.45) is 5.41 Å². The van der Waals surface area contributed by atoms with Crippen LogP contribution in [-0.2, 0) is 14.9 Å². The van der Waals surface area contributed by atoms with Crippen LogP contribution in [0.2, 0.25) is 0 Å². The first-order valence-electron chi connectivity index (χ1n) is 12.1. The molecule has 13 heteroatoms. The summed E-state index contributed by atoms with van der Waals surface area (Å²) >= 11 is 0. The molecule has 1 aromatic rings. The van der Waals surface area contributed by atoms with Crippen LogP contribution >= 0.6 is 0 Å². The number of nitrogens with zero attached hydrogens (tertiary/aromatic N) is 3. The molecule has 196 valence electrons. The summed E-state index contributed by atoms with van der Waals surface area (Å²) < 4.78 is 79.6. The number of aliphatic hydroxyl groups excluding tert-OH is 1. The van der Waals surface area contributed by atoms with E-state index in [1.165, 1.54) is 4.90 Å². The van der Waals surface area contributed by atoms with Crippen LogP contribution in [-0.4, -0.2) is 76.5 Å². The first-order valence-corrected chi connectivity index (χ1v) is 12.1. The number of amides is 1. The Hall–Kier alpha value is -1.86. The largest absolute Gasteiger partial charge is 0.401 e. The Morgan fingerprint density at radius 3 is 2.40 bits per heavy atom. The Morgan fingerprint density at radius 2 is 1.86 bits per heavy atom. The van der Waals surface area contributed by atoms with Gasteiger partial charge in [-0.3, -0.25) is 4.79 Å². The van der Waals surface area contributed by atoms with E-state index in [2.05, 4.69) is 15.5 Å². The Bertz CT molecular complexity index is 933. The molecule has 1 spiro atoms. The SMILES string of the molecule is O=C([C@@H]1C[C@@H](O)C2(CCC2)CN1)N1CCC(c2noc(C3CCC(F)(F)CO3)n2)(C(F)(F)F)CC1. The maximum absolute atomic E-state index is 14.3. The maximum Gasteiger partial charge on any atom is 0.401 e. The van der Waals surface area contributed by atoms with Crippen LogP contribution in [0.3, 0.4) is 0 Å². The summed E-state index contributed by atoms with van der Waals surface area (Å²) in [6, 6.07) is -0.632. The molecular weight excluding hydrogens is 479 g/mol. The quantitative estimate of drug-likeness (QED) is 0.606. The van der Waals surface area contributed by atoms with E-state index in [1.54, 1.807) is 0 Å². The Kier molecular flexibility index (Phi) is 6.11. The number of halogens is 5. The van der Waals surface area contributed by atoms with Crippen LogP contribution in [0.25, 0.3) is 0 Å². The van der Waals surface area contributed by atoms with Crippen LogP contribution in [0.1, 0.15) is 69.2 Å². The van der Waals surface area contributed by atoms with Crippen molar-refractivity contribution in [2.75, 3.05) is 26.2 Å². The number of ether oxygens (including phenoxy) is 1. The lowest BCUT2D eigenvalue weighted by atomic mass is 9.62. The molecule has 0 bridgehead atoms. The van der Waals surface area contributed by atoms with Gasteiger partial charge in [-0.2, -0.15) is 18.2 Å². The lowest BCUT2D eigenvalue weighted by molar-refractivity contribution is -0.206. The van der Waals surface area contributed by atoms with Crippen LogP contribution in [0.15, 0.2) is 4.52 Å². The average molecular weight is 508 g/mol. The van der Waals surface area contributed by atoms with E-state index in [9.17, 15) is 31.9 Å². The molecule has 35 heavy (non-hydrogen) atoms. The molecule has 4 heterocycles. The number of likely N-dealkylation sites (tertiary alicyclic amines) is 1. The molecule has 4 aliphatic rings. The molecule has 3 aliphatic heterocycles. The molecule has 2 N–H and O–H groups in total. The van der Waals surface area contributed by atoms with E-state index < -0.39 is 67.5 Å². The molecule has 1 saturated carbocycles. The van der Waals surface area contributed by atoms with Crippen molar-refractivity contribution < 1.29 is 41.1 Å². The lowest BCUT2D eigenvalue weighted by Gasteiger charge is -2.51. The minimum atomic E-state index is -4.71. The zero-order chi connectivity index (χ0) is 25.1. The van der Waals surface area contributed by atoms with Gasteiger partial charge in [0.25, 0.3) is 11.8 Å². The zero-order valence-electron chi connectivity index (χ0n) is 19.1. The summed E-state index contributed by atoms with van der Waals surface area (Å²) in [7, 11) is 0. The number of rotatable bonds is 3. The number of nitrogens with one attached hydrogen (secondary N) is 1. The molecule has 1 unspecified atom stereocenters. The third-order valence-electron chi connectivity index (χ3n) is 8.40. The first kappa shape index (κ1) is 24.8. The summed E-state index contributed by atoms with van der Waals surface area (Å²) in [6.07, 6.45) is -4.74. The first-order chi connectivity index (χ1) is 16.4. The fourth-order valence-electron chi connectivity index (χ4n) is 5.77. The molecule has 0 radical (unpaired) electrons. The van der Waals surface area contributed by atoms with Crippen LogP contribution in [0.5, 0.6) is 0 Å². The van der Waals surface area contributed by atoms with Gasteiger partial charge in [0.2, 0.25) is 5.91 Å². The van der Waals surface area contributed by atoms with Gasteiger partial charge in [0.15, 0.2) is 5.82 Å². The molecule has 3 saturated heterocycles. The number of piperidine rings is 2. The molecule has 3 atom stereocenters. The monoisotopic (exact) mass is 508 g/mol. The summed E-state index contributed by atoms with van der Waals surface area (Å²) in [5.41, 5.74) is -2.60. The number of hydrogen-bond donors (Lipinski definition) is 2. The summed E-state index contributed by atoms with van der Waals surface area (Å²) in [4.78, 5) is 18.3. The van der Waals surface area contributed by atoms with Crippen molar-refractivity contribution in [1.82, 2.24) is 20.4 Å². The standard InChI is InChI=1S/C22H29F5N4O4/c23-21(24)5-2-14(34-12-21)16-29-18(30-35-16)20(22(25,26)27)6-8-31(9-7-20)17(33)13-10-15(32)19(11-28-13)3-1-4-19/h13-15,28,32H,1-12H2/t13-,14?,15+/m0/s1. The van der Waals surface area contributed by atoms with E-state index in [0.717, 1.165) is 19.3 Å². The highest BCUT2D eigenvalue weighted by atomic mass is 19.4. The fraction of sp³-hybridized carbons (Fsp3) is 0.864. The predicted octanol–water partition coefficient (Wildman–Crippen LogP) is 2.87. The number of carbonyl (C=O) groups excluding carboxylic acids is 1. The van der Waals surface area contributed by atoms with Gasteiger partial charge in [0.05, 0.1) is 12.1 Å². The van der Waals surface area contributed by atoms with Crippen LogP contribution in [0, 0.1) is 5.41 Å². The van der Waals surface area contributed by atoms with E-state index in [0.29, 0.717) is 6.54 Å².